The number of nitrogens with zero attached hydrogens (tertiary/aromatic N) is 3. The third kappa shape index (κ3) is 4.60. The summed E-state index contributed by atoms with van der Waals surface area (Å²) in [5, 5.41) is 0. The molecule has 194 valence electrons. The minimum absolute atomic E-state index is 0.174. The maximum absolute atomic E-state index is 13.9. The number of aryl methyl sites for hydroxylation is 2. The Bertz CT molecular complexity index is 1780. The summed E-state index contributed by atoms with van der Waals surface area (Å²) in [7, 11) is 0. The van der Waals surface area contributed by atoms with Crippen LogP contribution >= 0.6 is 33.9 Å². The second kappa shape index (κ2) is 10.5. The molecule has 0 saturated carbocycles. The van der Waals surface area contributed by atoms with Gasteiger partial charge in [0.05, 0.1) is 28.5 Å². The van der Waals surface area contributed by atoms with Crippen LogP contribution in [0.5, 0.6) is 0 Å². The summed E-state index contributed by atoms with van der Waals surface area (Å²) < 4.78 is 11.0. The molecule has 3 heterocycles. The van der Waals surface area contributed by atoms with Gasteiger partial charge in [-0.2, -0.15) is 0 Å². The fourth-order valence-corrected chi connectivity index (χ4v) is 6.36. The van der Waals surface area contributed by atoms with Gasteiger partial charge in [0.25, 0.3) is 5.56 Å². The molecule has 2 aromatic heterocycles. The fourth-order valence-electron chi connectivity index (χ4n) is 4.98. The molecule has 2 aromatic carbocycles. The number of hydrogen-bond acceptors (Lipinski definition) is 5. The molecule has 0 saturated heterocycles. The molecule has 4 aromatic rings. The van der Waals surface area contributed by atoms with Gasteiger partial charge in [0.15, 0.2) is 4.80 Å². The number of benzene rings is 2. The zero-order valence-electron chi connectivity index (χ0n) is 21.9. The largest absolute Gasteiger partial charge is 0.463 e. The number of aromatic nitrogens is 2. The van der Waals surface area contributed by atoms with Crippen molar-refractivity contribution in [1.29, 1.82) is 0 Å². The number of carbonyl (C=O) groups excluding carboxylic acids is 1. The zero-order valence-corrected chi connectivity index (χ0v) is 24.9. The quantitative estimate of drug-likeness (QED) is 0.226. The van der Waals surface area contributed by atoms with Crippen molar-refractivity contribution in [3.8, 4) is 5.69 Å². The van der Waals surface area contributed by atoms with Gasteiger partial charge in [0.2, 0.25) is 0 Å². The second-order valence-electron chi connectivity index (χ2n) is 9.31. The molecule has 0 aliphatic carbocycles. The Morgan fingerprint density at radius 3 is 2.53 bits per heavy atom. The summed E-state index contributed by atoms with van der Waals surface area (Å²) in [4.78, 5) is 32.1. The number of allylic oxidation sites excluding steroid dienone is 1. The van der Waals surface area contributed by atoms with E-state index in [1.165, 1.54) is 20.5 Å². The van der Waals surface area contributed by atoms with Crippen molar-refractivity contribution >= 4 is 46.0 Å². The minimum atomic E-state index is -0.601. The highest BCUT2D eigenvalue weighted by Crippen LogP contribution is 2.30. The predicted octanol–water partition coefficient (Wildman–Crippen LogP) is 5.12. The van der Waals surface area contributed by atoms with Gasteiger partial charge in [0, 0.05) is 20.6 Å². The summed E-state index contributed by atoms with van der Waals surface area (Å²) in [6.45, 7) is 10.1. The van der Waals surface area contributed by atoms with Gasteiger partial charge in [-0.05, 0) is 104 Å². The van der Waals surface area contributed by atoms with Gasteiger partial charge in [-0.3, -0.25) is 9.36 Å². The van der Waals surface area contributed by atoms with E-state index < -0.39 is 12.0 Å². The number of esters is 1. The lowest BCUT2D eigenvalue weighted by molar-refractivity contribution is -0.139. The van der Waals surface area contributed by atoms with Crippen LogP contribution in [0.2, 0.25) is 0 Å². The maximum Gasteiger partial charge on any atom is 0.338 e. The summed E-state index contributed by atoms with van der Waals surface area (Å²) >= 11 is 3.69. The van der Waals surface area contributed by atoms with Crippen molar-refractivity contribution < 1.29 is 9.53 Å². The number of thiazole rings is 1. The molecular formula is C30H28IN3O3S. The van der Waals surface area contributed by atoms with Gasteiger partial charge in [-0.25, -0.2) is 9.79 Å². The van der Waals surface area contributed by atoms with Crippen LogP contribution in [-0.2, 0) is 9.53 Å². The monoisotopic (exact) mass is 637 g/mol. The minimum Gasteiger partial charge on any atom is -0.463 e. The van der Waals surface area contributed by atoms with Gasteiger partial charge < -0.3 is 9.30 Å². The highest BCUT2D eigenvalue weighted by Gasteiger charge is 2.33. The Kier molecular flexibility index (Phi) is 7.28. The number of fused-ring (bicyclic) bond motifs is 1. The van der Waals surface area contributed by atoms with E-state index in [1.54, 1.807) is 18.4 Å². The van der Waals surface area contributed by atoms with Crippen molar-refractivity contribution in [3.05, 3.63) is 117 Å². The number of rotatable bonds is 5. The Balaban J connectivity index is 1.68. The van der Waals surface area contributed by atoms with E-state index in [0.717, 1.165) is 28.2 Å². The maximum atomic E-state index is 13.9. The average molecular weight is 638 g/mol. The molecule has 0 amide bonds. The Morgan fingerprint density at radius 1 is 1.11 bits per heavy atom. The van der Waals surface area contributed by atoms with Crippen LogP contribution in [0.15, 0.2) is 75.7 Å². The molecule has 0 N–H and O–H groups in total. The molecule has 0 bridgehead atoms. The molecule has 0 radical (unpaired) electrons. The molecule has 1 aliphatic heterocycles. The molecule has 8 heteroatoms. The lowest BCUT2D eigenvalue weighted by Gasteiger charge is -2.24. The van der Waals surface area contributed by atoms with Crippen LogP contribution in [0.4, 0.5) is 0 Å². The number of carbonyl (C=O) groups is 1. The smallest absolute Gasteiger partial charge is 0.338 e. The second-order valence-corrected chi connectivity index (χ2v) is 11.5. The SMILES string of the molecule is CCOC(=O)C1=C(C)N=c2s/c(=C/c3cc(C)n(-c4ccc(I)c(C)c4)c3C)c(=O)n2C1c1ccccc1. The Labute approximate surface area is 238 Å². The molecular weight excluding hydrogens is 609 g/mol. The molecule has 1 unspecified atom stereocenters. The van der Waals surface area contributed by atoms with Gasteiger partial charge in [-0.15, -0.1) is 0 Å². The van der Waals surface area contributed by atoms with Crippen molar-refractivity contribution in [2.75, 3.05) is 6.61 Å². The number of halogens is 1. The first-order valence-electron chi connectivity index (χ1n) is 12.4. The standard InChI is InChI=1S/C30H28IN3O3S/c1-6-37-29(36)26-19(4)32-30-34(27(26)21-10-8-7-9-11-21)28(35)25(38-30)16-22-15-18(3)33(20(22)5)23-12-13-24(31)17(2)14-23/h7-16,27H,6H2,1-5H3/b25-16+. The molecule has 5 rings (SSSR count). The van der Waals surface area contributed by atoms with Crippen LogP contribution in [0.3, 0.4) is 0 Å². The van der Waals surface area contributed by atoms with E-state index in [0.29, 0.717) is 20.6 Å². The topological polar surface area (TPSA) is 65.6 Å². The van der Waals surface area contributed by atoms with Gasteiger partial charge in [0.1, 0.15) is 0 Å². The van der Waals surface area contributed by atoms with Crippen LogP contribution in [0, 0.1) is 24.3 Å². The van der Waals surface area contributed by atoms with Crippen LogP contribution in [-0.4, -0.2) is 21.7 Å². The third-order valence-corrected chi connectivity index (χ3v) is 8.98. The van der Waals surface area contributed by atoms with E-state index in [9.17, 15) is 9.59 Å². The zero-order chi connectivity index (χ0) is 27.1. The molecule has 0 fully saturated rings. The van der Waals surface area contributed by atoms with Crippen molar-refractivity contribution in [3.63, 3.8) is 0 Å². The number of ether oxygens (including phenoxy) is 1. The van der Waals surface area contributed by atoms with E-state index in [4.69, 9.17) is 4.74 Å². The summed E-state index contributed by atoms with van der Waals surface area (Å²) in [5.41, 5.74) is 7.05. The van der Waals surface area contributed by atoms with Crippen LogP contribution in [0.1, 0.15) is 48.0 Å². The molecule has 1 aliphatic rings. The van der Waals surface area contributed by atoms with E-state index in [2.05, 4.69) is 77.2 Å². The summed E-state index contributed by atoms with van der Waals surface area (Å²) in [6.07, 6.45) is 1.94. The lowest BCUT2D eigenvalue weighted by Crippen LogP contribution is -2.39. The molecule has 38 heavy (non-hydrogen) atoms. The van der Waals surface area contributed by atoms with Crippen molar-refractivity contribution in [2.24, 2.45) is 4.99 Å². The normalized spacial score (nSPS) is 15.4. The Morgan fingerprint density at radius 2 is 1.84 bits per heavy atom. The third-order valence-electron chi connectivity index (χ3n) is 6.79. The number of hydrogen-bond donors (Lipinski definition) is 0. The Hall–Kier alpha value is -3.24. The first-order valence-corrected chi connectivity index (χ1v) is 14.3. The fraction of sp³-hybridized carbons (Fsp3) is 0.233. The van der Waals surface area contributed by atoms with E-state index in [-0.39, 0.29) is 12.2 Å². The summed E-state index contributed by atoms with van der Waals surface area (Å²) in [5.74, 6) is -0.451. The van der Waals surface area contributed by atoms with Crippen LogP contribution < -0.4 is 14.9 Å². The highest BCUT2D eigenvalue weighted by molar-refractivity contribution is 14.1. The molecule has 6 nitrogen and oxygen atoms in total. The van der Waals surface area contributed by atoms with Crippen molar-refractivity contribution in [1.82, 2.24) is 9.13 Å². The van der Waals surface area contributed by atoms with Gasteiger partial charge >= 0.3 is 5.97 Å². The lowest BCUT2D eigenvalue weighted by atomic mass is 9.96. The summed E-state index contributed by atoms with van der Waals surface area (Å²) in [6, 6.07) is 17.5. The van der Waals surface area contributed by atoms with E-state index in [1.807, 2.05) is 36.4 Å². The van der Waals surface area contributed by atoms with E-state index >= 15 is 0 Å². The van der Waals surface area contributed by atoms with Crippen LogP contribution in [0.25, 0.3) is 11.8 Å². The highest BCUT2D eigenvalue weighted by atomic mass is 127. The molecule has 0 spiro atoms. The first-order chi connectivity index (χ1) is 18.2. The predicted molar refractivity (Wildman–Crippen MR) is 160 cm³/mol. The van der Waals surface area contributed by atoms with Gasteiger partial charge in [-0.1, -0.05) is 41.7 Å². The van der Waals surface area contributed by atoms with Crippen molar-refractivity contribution in [2.45, 2.75) is 40.7 Å². The average Bonchev–Trinajstić information content (AvgIpc) is 3.34. The molecule has 1 atom stereocenters. The first kappa shape index (κ1) is 26.4.